The third kappa shape index (κ3) is 4.86. The van der Waals surface area contributed by atoms with Crippen molar-refractivity contribution in [3.05, 3.63) is 12.1 Å². The summed E-state index contributed by atoms with van der Waals surface area (Å²) in [4.78, 5) is 0. The van der Waals surface area contributed by atoms with Gasteiger partial charge in [0.1, 0.15) is 0 Å². The van der Waals surface area contributed by atoms with Gasteiger partial charge in [-0.15, -0.1) is 6.58 Å². The minimum absolute atomic E-state index is 0.180. The number of unbranched alkanes of at least 4 members (excludes halogenated alkanes) is 5. The SMILES string of the molecule is C=C(B1OC(C)(C)C(C)(C)O1)[C@H](C#N)CCCCCCCC. The Morgan fingerprint density at radius 1 is 1.05 bits per heavy atom. The van der Waals surface area contributed by atoms with Crippen molar-refractivity contribution in [1.29, 1.82) is 5.26 Å². The highest BCUT2D eigenvalue weighted by atomic mass is 16.7. The average Bonchev–Trinajstić information content (AvgIpc) is 2.66. The molecule has 0 aromatic rings. The van der Waals surface area contributed by atoms with Gasteiger partial charge in [0.15, 0.2) is 0 Å². The van der Waals surface area contributed by atoms with Gasteiger partial charge in [-0.3, -0.25) is 0 Å². The first-order valence-corrected chi connectivity index (χ1v) is 8.69. The van der Waals surface area contributed by atoms with E-state index in [2.05, 4.69) is 19.6 Å². The number of hydrogen-bond donors (Lipinski definition) is 0. The second kappa shape index (κ2) is 8.18. The van der Waals surface area contributed by atoms with E-state index in [1.807, 2.05) is 27.7 Å². The van der Waals surface area contributed by atoms with Crippen LogP contribution in [0.2, 0.25) is 0 Å². The van der Waals surface area contributed by atoms with Crippen LogP contribution in [0.25, 0.3) is 0 Å². The molecule has 4 heteroatoms. The lowest BCUT2D eigenvalue weighted by Gasteiger charge is -2.32. The van der Waals surface area contributed by atoms with Gasteiger partial charge >= 0.3 is 7.12 Å². The maximum Gasteiger partial charge on any atom is 0.491 e. The van der Waals surface area contributed by atoms with E-state index in [9.17, 15) is 5.26 Å². The molecule has 0 aliphatic carbocycles. The zero-order valence-corrected chi connectivity index (χ0v) is 15.1. The Bertz CT molecular complexity index is 396. The predicted molar refractivity (Wildman–Crippen MR) is 92.3 cm³/mol. The molecule has 0 saturated carbocycles. The van der Waals surface area contributed by atoms with Crippen LogP contribution in [0, 0.1) is 17.2 Å². The molecule has 1 aliphatic heterocycles. The van der Waals surface area contributed by atoms with Crippen molar-refractivity contribution >= 4 is 7.12 Å². The van der Waals surface area contributed by atoms with Gasteiger partial charge in [0, 0.05) is 0 Å². The molecule has 0 unspecified atom stereocenters. The van der Waals surface area contributed by atoms with E-state index in [4.69, 9.17) is 9.31 Å². The minimum Gasteiger partial charge on any atom is -0.400 e. The Labute approximate surface area is 137 Å². The topological polar surface area (TPSA) is 42.2 Å². The fraction of sp³-hybridized carbons (Fsp3) is 0.833. The molecule has 1 saturated heterocycles. The number of rotatable bonds is 9. The van der Waals surface area contributed by atoms with E-state index in [1.54, 1.807) is 0 Å². The van der Waals surface area contributed by atoms with Crippen molar-refractivity contribution in [3.63, 3.8) is 0 Å². The smallest absolute Gasteiger partial charge is 0.400 e. The lowest BCUT2D eigenvalue weighted by molar-refractivity contribution is 0.00578. The van der Waals surface area contributed by atoms with E-state index < -0.39 is 7.12 Å². The van der Waals surface area contributed by atoms with E-state index in [0.717, 1.165) is 18.3 Å². The van der Waals surface area contributed by atoms with Crippen molar-refractivity contribution in [1.82, 2.24) is 0 Å². The van der Waals surface area contributed by atoms with Gasteiger partial charge in [0.25, 0.3) is 0 Å². The largest absolute Gasteiger partial charge is 0.491 e. The molecule has 0 aromatic heterocycles. The van der Waals surface area contributed by atoms with Gasteiger partial charge in [-0.1, -0.05) is 45.4 Å². The zero-order valence-electron chi connectivity index (χ0n) is 15.1. The van der Waals surface area contributed by atoms with Crippen LogP contribution in [0.4, 0.5) is 0 Å². The van der Waals surface area contributed by atoms with Gasteiger partial charge in [-0.25, -0.2) is 0 Å². The van der Waals surface area contributed by atoms with Gasteiger partial charge in [0.05, 0.1) is 23.2 Å². The van der Waals surface area contributed by atoms with Gasteiger partial charge < -0.3 is 9.31 Å². The van der Waals surface area contributed by atoms with Crippen molar-refractivity contribution in [2.75, 3.05) is 0 Å². The first kappa shape index (κ1) is 19.3. The molecule has 22 heavy (non-hydrogen) atoms. The second-order valence-electron chi connectivity index (χ2n) is 7.40. The maximum atomic E-state index is 9.44. The third-order valence-electron chi connectivity index (χ3n) is 5.01. The highest BCUT2D eigenvalue weighted by Crippen LogP contribution is 2.39. The molecule has 0 aromatic carbocycles. The van der Waals surface area contributed by atoms with Crippen LogP contribution in [-0.4, -0.2) is 18.3 Å². The molecule has 0 spiro atoms. The molecule has 3 nitrogen and oxygen atoms in total. The molecular formula is C18H32BNO2. The molecule has 1 heterocycles. The fourth-order valence-electron chi connectivity index (χ4n) is 2.62. The van der Waals surface area contributed by atoms with E-state index in [1.165, 1.54) is 32.1 Å². The van der Waals surface area contributed by atoms with E-state index in [0.29, 0.717) is 0 Å². The molecular weight excluding hydrogens is 273 g/mol. The number of nitriles is 1. The quantitative estimate of drug-likeness (QED) is 0.441. The van der Waals surface area contributed by atoms with Crippen LogP contribution >= 0.6 is 0 Å². The Kier molecular flexibility index (Phi) is 7.16. The summed E-state index contributed by atoms with van der Waals surface area (Å²) < 4.78 is 12.0. The van der Waals surface area contributed by atoms with Crippen LogP contribution in [0.1, 0.15) is 79.6 Å². The molecule has 1 rings (SSSR count). The minimum atomic E-state index is -0.463. The number of hydrogen-bond acceptors (Lipinski definition) is 3. The molecule has 1 fully saturated rings. The average molecular weight is 305 g/mol. The monoisotopic (exact) mass is 305 g/mol. The Morgan fingerprint density at radius 2 is 1.55 bits per heavy atom. The van der Waals surface area contributed by atoms with Crippen molar-refractivity contribution in [3.8, 4) is 6.07 Å². The van der Waals surface area contributed by atoms with Gasteiger partial charge in [-0.2, -0.15) is 5.26 Å². The lowest BCUT2D eigenvalue weighted by Crippen LogP contribution is -2.41. The summed E-state index contributed by atoms with van der Waals surface area (Å²) in [6, 6.07) is 2.38. The fourth-order valence-corrected chi connectivity index (χ4v) is 2.62. The molecule has 124 valence electrons. The molecule has 1 aliphatic rings. The normalized spacial score (nSPS) is 20.6. The standard InChI is InChI=1S/C18H32BNO2/c1-7-8-9-10-11-12-13-16(14-20)15(2)19-21-17(3,4)18(5,6)22-19/h16H,2,7-13H2,1,3-6H3/t16-/m0/s1. The summed E-state index contributed by atoms with van der Waals surface area (Å²) >= 11 is 0. The van der Waals surface area contributed by atoms with Crippen LogP contribution in [-0.2, 0) is 9.31 Å². The van der Waals surface area contributed by atoms with Crippen LogP contribution < -0.4 is 0 Å². The van der Waals surface area contributed by atoms with Crippen LogP contribution in [0.3, 0.4) is 0 Å². The van der Waals surface area contributed by atoms with Crippen molar-refractivity contribution in [2.45, 2.75) is 90.8 Å². The van der Waals surface area contributed by atoms with Gasteiger partial charge in [-0.05, 0) is 39.6 Å². The van der Waals surface area contributed by atoms with E-state index >= 15 is 0 Å². The highest BCUT2D eigenvalue weighted by molar-refractivity contribution is 6.54. The number of allylic oxidation sites excluding steroid dienone is 1. The summed E-state index contributed by atoms with van der Waals surface area (Å²) in [5.74, 6) is -0.180. The molecule has 0 N–H and O–H groups in total. The second-order valence-corrected chi connectivity index (χ2v) is 7.40. The predicted octanol–water partition coefficient (Wildman–Crippen LogP) is 5.06. The van der Waals surface area contributed by atoms with Crippen LogP contribution in [0.5, 0.6) is 0 Å². The molecule has 0 radical (unpaired) electrons. The first-order chi connectivity index (χ1) is 10.2. The lowest BCUT2D eigenvalue weighted by atomic mass is 9.71. The van der Waals surface area contributed by atoms with Gasteiger partial charge in [0.2, 0.25) is 0 Å². The van der Waals surface area contributed by atoms with E-state index in [-0.39, 0.29) is 17.1 Å². The van der Waals surface area contributed by atoms with Crippen molar-refractivity contribution in [2.24, 2.45) is 5.92 Å². The maximum absolute atomic E-state index is 9.44. The highest BCUT2D eigenvalue weighted by Gasteiger charge is 2.52. The molecule has 0 bridgehead atoms. The number of nitrogens with zero attached hydrogens (tertiary/aromatic N) is 1. The summed E-state index contributed by atoms with van der Waals surface area (Å²) in [7, 11) is -0.463. The molecule has 0 amide bonds. The Balaban J connectivity index is 2.44. The summed E-state index contributed by atoms with van der Waals surface area (Å²) in [5, 5.41) is 9.44. The zero-order chi connectivity index (χ0) is 16.8. The Morgan fingerprint density at radius 3 is 2.05 bits per heavy atom. The van der Waals surface area contributed by atoms with Crippen LogP contribution in [0.15, 0.2) is 12.1 Å². The third-order valence-corrected chi connectivity index (χ3v) is 5.01. The molecule has 1 atom stereocenters. The van der Waals surface area contributed by atoms with Crippen molar-refractivity contribution < 1.29 is 9.31 Å². The first-order valence-electron chi connectivity index (χ1n) is 8.69. The summed E-state index contributed by atoms with van der Waals surface area (Å²) in [5.41, 5.74) is 0.0244. The Hall–Kier alpha value is -0.785. The summed E-state index contributed by atoms with van der Waals surface area (Å²) in [6.45, 7) is 14.4. The summed E-state index contributed by atoms with van der Waals surface area (Å²) in [6.07, 6.45) is 8.24.